The summed E-state index contributed by atoms with van der Waals surface area (Å²) in [6, 6.07) is 12.2. The quantitative estimate of drug-likeness (QED) is 0.835. The zero-order valence-corrected chi connectivity index (χ0v) is 13.5. The van der Waals surface area contributed by atoms with Crippen LogP contribution in [0.1, 0.15) is 24.6 Å². The molecule has 0 aliphatic carbocycles. The zero-order chi connectivity index (χ0) is 14.5. The largest absolute Gasteiger partial charge is 0.399 e. The van der Waals surface area contributed by atoms with Gasteiger partial charge in [-0.3, -0.25) is 0 Å². The SMILES string of the molecule is CCCN(Cc1ccc(N)cc1)c1ccc(Br)c(C)n1. The van der Waals surface area contributed by atoms with Crippen LogP contribution in [-0.2, 0) is 6.54 Å². The van der Waals surface area contributed by atoms with Gasteiger partial charge in [-0.2, -0.15) is 0 Å². The molecule has 4 heteroatoms. The van der Waals surface area contributed by atoms with E-state index in [1.54, 1.807) is 0 Å². The number of hydrogen-bond acceptors (Lipinski definition) is 3. The lowest BCUT2D eigenvalue weighted by atomic mass is 10.2. The van der Waals surface area contributed by atoms with Crippen LogP contribution in [0.2, 0.25) is 0 Å². The predicted octanol–water partition coefficient (Wildman–Crippen LogP) is 4.15. The number of anilines is 2. The zero-order valence-electron chi connectivity index (χ0n) is 11.9. The molecule has 0 saturated carbocycles. The topological polar surface area (TPSA) is 42.1 Å². The third-order valence-electron chi connectivity index (χ3n) is 3.18. The molecule has 0 unspecified atom stereocenters. The molecule has 1 heterocycles. The molecule has 2 N–H and O–H groups in total. The summed E-state index contributed by atoms with van der Waals surface area (Å²) in [6.45, 7) is 6.03. The van der Waals surface area contributed by atoms with Gasteiger partial charge >= 0.3 is 0 Å². The molecule has 1 aromatic heterocycles. The number of nitrogen functional groups attached to an aromatic ring is 1. The Balaban J connectivity index is 2.21. The highest BCUT2D eigenvalue weighted by Crippen LogP contribution is 2.21. The van der Waals surface area contributed by atoms with Gasteiger partial charge in [-0.25, -0.2) is 4.98 Å². The van der Waals surface area contributed by atoms with Crippen molar-refractivity contribution < 1.29 is 0 Å². The first-order chi connectivity index (χ1) is 9.60. The van der Waals surface area contributed by atoms with Crippen LogP contribution in [-0.4, -0.2) is 11.5 Å². The van der Waals surface area contributed by atoms with E-state index in [2.05, 4.69) is 57.0 Å². The highest BCUT2D eigenvalue weighted by molar-refractivity contribution is 9.10. The summed E-state index contributed by atoms with van der Waals surface area (Å²) in [4.78, 5) is 6.96. The Morgan fingerprint density at radius 2 is 1.85 bits per heavy atom. The van der Waals surface area contributed by atoms with E-state index in [4.69, 9.17) is 5.73 Å². The molecular weight excluding hydrogens is 314 g/mol. The molecule has 20 heavy (non-hydrogen) atoms. The molecule has 1 aromatic carbocycles. The second kappa shape index (κ2) is 6.75. The van der Waals surface area contributed by atoms with Gasteiger partial charge in [0.2, 0.25) is 0 Å². The first kappa shape index (κ1) is 14.9. The van der Waals surface area contributed by atoms with E-state index in [0.717, 1.165) is 41.2 Å². The van der Waals surface area contributed by atoms with E-state index in [1.165, 1.54) is 5.56 Å². The molecule has 0 radical (unpaired) electrons. The monoisotopic (exact) mass is 333 g/mol. The van der Waals surface area contributed by atoms with Crippen molar-refractivity contribution in [3.05, 3.63) is 52.1 Å². The van der Waals surface area contributed by atoms with Crippen molar-refractivity contribution in [2.75, 3.05) is 17.2 Å². The highest BCUT2D eigenvalue weighted by atomic mass is 79.9. The number of benzene rings is 1. The van der Waals surface area contributed by atoms with Gasteiger partial charge < -0.3 is 10.6 Å². The van der Waals surface area contributed by atoms with Gasteiger partial charge in [0.1, 0.15) is 5.82 Å². The highest BCUT2D eigenvalue weighted by Gasteiger charge is 2.09. The summed E-state index contributed by atoms with van der Waals surface area (Å²) in [7, 11) is 0. The molecule has 2 rings (SSSR count). The number of aryl methyl sites for hydroxylation is 1. The molecule has 3 nitrogen and oxygen atoms in total. The summed E-state index contributed by atoms with van der Waals surface area (Å²) in [5, 5.41) is 0. The molecule has 0 aliphatic heterocycles. The Hall–Kier alpha value is -1.55. The number of halogens is 1. The number of hydrogen-bond donors (Lipinski definition) is 1. The molecule has 0 spiro atoms. The van der Waals surface area contributed by atoms with Crippen LogP contribution >= 0.6 is 15.9 Å². The summed E-state index contributed by atoms with van der Waals surface area (Å²) < 4.78 is 1.05. The Morgan fingerprint density at radius 1 is 1.15 bits per heavy atom. The third kappa shape index (κ3) is 3.73. The van der Waals surface area contributed by atoms with Gasteiger partial charge in [0, 0.05) is 23.2 Å². The van der Waals surface area contributed by atoms with Gasteiger partial charge in [-0.05, 0) is 59.1 Å². The van der Waals surface area contributed by atoms with Crippen LogP contribution in [0.25, 0.3) is 0 Å². The predicted molar refractivity (Wildman–Crippen MR) is 88.9 cm³/mol. The molecule has 0 atom stereocenters. The van der Waals surface area contributed by atoms with E-state index >= 15 is 0 Å². The van der Waals surface area contributed by atoms with Gasteiger partial charge in [-0.1, -0.05) is 19.1 Å². The van der Waals surface area contributed by atoms with Crippen molar-refractivity contribution in [3.8, 4) is 0 Å². The fourth-order valence-corrected chi connectivity index (χ4v) is 2.32. The summed E-state index contributed by atoms with van der Waals surface area (Å²) >= 11 is 3.50. The summed E-state index contributed by atoms with van der Waals surface area (Å²) in [5.41, 5.74) is 8.79. The number of nitrogens with two attached hydrogens (primary N) is 1. The number of pyridine rings is 1. The van der Waals surface area contributed by atoms with Crippen molar-refractivity contribution in [1.82, 2.24) is 4.98 Å². The van der Waals surface area contributed by atoms with E-state index in [0.29, 0.717) is 0 Å². The number of aromatic nitrogens is 1. The normalized spacial score (nSPS) is 10.6. The lowest BCUT2D eigenvalue weighted by Gasteiger charge is -2.24. The van der Waals surface area contributed by atoms with E-state index in [-0.39, 0.29) is 0 Å². The van der Waals surface area contributed by atoms with Crippen LogP contribution in [0.15, 0.2) is 40.9 Å². The molecule has 0 amide bonds. The van der Waals surface area contributed by atoms with Gasteiger partial charge in [-0.15, -0.1) is 0 Å². The third-order valence-corrected chi connectivity index (χ3v) is 4.02. The van der Waals surface area contributed by atoms with Gasteiger partial charge in [0.15, 0.2) is 0 Å². The Labute approximate surface area is 129 Å². The number of nitrogens with zero attached hydrogens (tertiary/aromatic N) is 2. The van der Waals surface area contributed by atoms with E-state index in [9.17, 15) is 0 Å². The average molecular weight is 334 g/mol. The maximum Gasteiger partial charge on any atom is 0.129 e. The van der Waals surface area contributed by atoms with Crippen molar-refractivity contribution >= 4 is 27.4 Å². The van der Waals surface area contributed by atoms with Crippen LogP contribution in [0.4, 0.5) is 11.5 Å². The molecule has 0 fully saturated rings. The smallest absolute Gasteiger partial charge is 0.129 e. The minimum Gasteiger partial charge on any atom is -0.399 e. The molecule has 106 valence electrons. The Kier molecular flexibility index (Phi) is 5.01. The second-order valence-electron chi connectivity index (χ2n) is 4.90. The maximum atomic E-state index is 5.73. The van der Waals surface area contributed by atoms with Gasteiger partial charge in [0.05, 0.1) is 5.69 Å². The van der Waals surface area contributed by atoms with E-state index in [1.807, 2.05) is 19.1 Å². The molecule has 0 aliphatic rings. The molecule has 0 saturated heterocycles. The fraction of sp³-hybridized carbons (Fsp3) is 0.312. The lowest BCUT2D eigenvalue weighted by Crippen LogP contribution is -2.24. The van der Waals surface area contributed by atoms with Crippen molar-refractivity contribution in [2.45, 2.75) is 26.8 Å². The first-order valence-corrected chi connectivity index (χ1v) is 7.62. The second-order valence-corrected chi connectivity index (χ2v) is 5.75. The standard InChI is InChI=1S/C16H20BrN3/c1-3-10-20(11-13-4-6-14(18)7-5-13)16-9-8-15(17)12(2)19-16/h4-9H,3,10-11,18H2,1-2H3. The Morgan fingerprint density at radius 3 is 2.45 bits per heavy atom. The van der Waals surface area contributed by atoms with Crippen LogP contribution in [0, 0.1) is 6.92 Å². The molecular formula is C16H20BrN3. The molecule has 2 aromatic rings. The van der Waals surface area contributed by atoms with Crippen LogP contribution in [0.3, 0.4) is 0 Å². The lowest BCUT2D eigenvalue weighted by molar-refractivity contribution is 0.752. The first-order valence-electron chi connectivity index (χ1n) is 6.82. The van der Waals surface area contributed by atoms with E-state index < -0.39 is 0 Å². The number of rotatable bonds is 5. The fourth-order valence-electron chi connectivity index (χ4n) is 2.09. The minimum atomic E-state index is 0.799. The van der Waals surface area contributed by atoms with Crippen LogP contribution < -0.4 is 10.6 Å². The average Bonchev–Trinajstić information content (AvgIpc) is 2.44. The maximum absolute atomic E-state index is 5.73. The van der Waals surface area contributed by atoms with Gasteiger partial charge in [0.25, 0.3) is 0 Å². The minimum absolute atomic E-state index is 0.799. The van der Waals surface area contributed by atoms with Crippen molar-refractivity contribution in [3.63, 3.8) is 0 Å². The molecule has 0 bridgehead atoms. The van der Waals surface area contributed by atoms with Crippen LogP contribution in [0.5, 0.6) is 0 Å². The van der Waals surface area contributed by atoms with Crippen molar-refractivity contribution in [2.24, 2.45) is 0 Å². The summed E-state index contributed by atoms with van der Waals surface area (Å²) in [6.07, 6.45) is 1.09. The van der Waals surface area contributed by atoms with Crippen molar-refractivity contribution in [1.29, 1.82) is 0 Å². The summed E-state index contributed by atoms with van der Waals surface area (Å²) in [5.74, 6) is 1.02. The Bertz CT molecular complexity index is 566.